The first-order valence-corrected chi connectivity index (χ1v) is 13.4. The van der Waals surface area contributed by atoms with E-state index in [2.05, 4.69) is 9.72 Å². The van der Waals surface area contributed by atoms with Crippen LogP contribution in [0.2, 0.25) is 0 Å². The average molecular weight is 511 g/mol. The Morgan fingerprint density at radius 3 is 2.61 bits per heavy atom. The van der Waals surface area contributed by atoms with E-state index in [-0.39, 0.29) is 18.4 Å². The monoisotopic (exact) mass is 510 g/mol. The lowest BCUT2D eigenvalue weighted by molar-refractivity contribution is -0.117. The molecule has 186 valence electrons. The van der Waals surface area contributed by atoms with Crippen molar-refractivity contribution in [1.29, 1.82) is 0 Å². The maximum atomic E-state index is 14.1. The summed E-state index contributed by atoms with van der Waals surface area (Å²) in [6, 6.07) is 8.99. The van der Waals surface area contributed by atoms with Crippen LogP contribution in [0.3, 0.4) is 0 Å². The smallest absolute Gasteiger partial charge is 0.227 e. The van der Waals surface area contributed by atoms with Crippen LogP contribution < -0.4 is 4.90 Å². The normalized spacial score (nSPS) is 22.3. The number of rotatable bonds is 4. The lowest BCUT2D eigenvalue weighted by Crippen LogP contribution is -2.30. The number of fused-ring (bicyclic) bond motifs is 1. The van der Waals surface area contributed by atoms with Crippen molar-refractivity contribution in [2.75, 3.05) is 16.4 Å². The highest BCUT2D eigenvalue weighted by atomic mass is 32.2. The molecule has 0 bridgehead atoms. The molecule has 7 nitrogen and oxygen atoms in total. The van der Waals surface area contributed by atoms with E-state index in [1.54, 1.807) is 0 Å². The van der Waals surface area contributed by atoms with Crippen LogP contribution in [0.1, 0.15) is 48.6 Å². The number of amides is 1. The van der Waals surface area contributed by atoms with Gasteiger partial charge in [0.05, 0.1) is 22.8 Å². The molecule has 6 rings (SSSR count). The summed E-state index contributed by atoms with van der Waals surface area (Å²) in [7, 11) is -0.924. The lowest BCUT2D eigenvalue weighted by Gasteiger charge is -2.27. The summed E-state index contributed by atoms with van der Waals surface area (Å²) in [6.45, 7) is 3.75. The number of anilines is 1. The highest BCUT2D eigenvalue weighted by molar-refractivity contribution is 7.85. The first kappa shape index (κ1) is 23.0. The van der Waals surface area contributed by atoms with E-state index in [1.807, 2.05) is 32.0 Å². The molecular formula is C26H24F2N4O3S. The Labute approximate surface area is 208 Å². The van der Waals surface area contributed by atoms with Crippen LogP contribution >= 0.6 is 0 Å². The first-order chi connectivity index (χ1) is 17.3. The van der Waals surface area contributed by atoms with Gasteiger partial charge in [-0.05, 0) is 56.5 Å². The molecule has 4 aromatic rings. The van der Waals surface area contributed by atoms with Crippen molar-refractivity contribution >= 4 is 33.4 Å². The van der Waals surface area contributed by atoms with Crippen molar-refractivity contribution in [1.82, 2.24) is 14.7 Å². The highest BCUT2D eigenvalue weighted by Gasteiger charge is 2.39. The fraction of sp³-hybridized carbons (Fsp3) is 0.346. The van der Waals surface area contributed by atoms with Gasteiger partial charge in [0, 0.05) is 52.1 Å². The molecular weight excluding hydrogens is 486 g/mol. The maximum Gasteiger partial charge on any atom is 0.227 e. The Morgan fingerprint density at radius 1 is 1.08 bits per heavy atom. The molecule has 0 radical (unpaired) electrons. The number of aromatic nitrogens is 3. The molecule has 0 saturated carbocycles. The Hall–Kier alpha value is -3.40. The molecule has 2 aromatic carbocycles. The van der Waals surface area contributed by atoms with Gasteiger partial charge in [-0.2, -0.15) is 0 Å². The highest BCUT2D eigenvalue weighted by Crippen LogP contribution is 2.41. The van der Waals surface area contributed by atoms with Gasteiger partial charge < -0.3 is 14.0 Å². The van der Waals surface area contributed by atoms with Crippen molar-refractivity contribution in [3.63, 3.8) is 0 Å². The third-order valence-corrected chi connectivity index (χ3v) is 8.60. The number of imidazole rings is 1. The molecule has 2 aliphatic rings. The van der Waals surface area contributed by atoms with Crippen LogP contribution in [0, 0.1) is 25.5 Å². The third kappa shape index (κ3) is 3.66. The van der Waals surface area contributed by atoms with Gasteiger partial charge >= 0.3 is 0 Å². The summed E-state index contributed by atoms with van der Waals surface area (Å²) >= 11 is 0. The second-order valence-electron chi connectivity index (χ2n) is 9.41. The summed E-state index contributed by atoms with van der Waals surface area (Å²) in [5.41, 5.74) is 4.54. The minimum Gasteiger partial charge on any atom is -0.361 e. The van der Waals surface area contributed by atoms with Gasteiger partial charge in [0.25, 0.3) is 0 Å². The Bertz CT molecular complexity index is 1530. The minimum absolute atomic E-state index is 0.0294. The van der Waals surface area contributed by atoms with Crippen LogP contribution in [0.15, 0.2) is 40.9 Å². The molecule has 10 heteroatoms. The van der Waals surface area contributed by atoms with Gasteiger partial charge in [-0.1, -0.05) is 11.2 Å². The summed E-state index contributed by atoms with van der Waals surface area (Å²) in [6.07, 6.45) is 1.50. The molecule has 3 atom stereocenters. The number of carbonyl (C=O) groups excluding carboxylic acids is 1. The van der Waals surface area contributed by atoms with Crippen molar-refractivity contribution < 1.29 is 22.3 Å². The van der Waals surface area contributed by atoms with Crippen molar-refractivity contribution in [3.8, 4) is 11.1 Å². The van der Waals surface area contributed by atoms with Gasteiger partial charge in [-0.3, -0.25) is 9.00 Å². The standard InChI is InChI=1S/C26H24F2N4O3S/c1-14-25(15(2)35-30-14)16-3-6-22-21(11-16)29-26(32(22)18-9-10-36(34)13-18)23-7-8-24(33)31(23)17-4-5-19(27)20(28)12-17/h3-6,11-12,18,23H,7-10,13H2,1-2H3/t18?,23-,36?/m0/s1. The second-order valence-corrected chi connectivity index (χ2v) is 11.0. The summed E-state index contributed by atoms with van der Waals surface area (Å²) in [5.74, 6) is 0.358. The van der Waals surface area contributed by atoms with Crippen LogP contribution in [0.4, 0.5) is 14.5 Å². The van der Waals surface area contributed by atoms with Crippen LogP contribution in [0.5, 0.6) is 0 Å². The quantitative estimate of drug-likeness (QED) is 0.379. The Morgan fingerprint density at radius 2 is 1.92 bits per heavy atom. The fourth-order valence-electron chi connectivity index (χ4n) is 5.53. The maximum absolute atomic E-state index is 14.1. The van der Waals surface area contributed by atoms with Gasteiger partial charge in [0.2, 0.25) is 5.91 Å². The van der Waals surface area contributed by atoms with E-state index < -0.39 is 28.5 Å². The molecule has 2 fully saturated rings. The molecule has 2 aromatic heterocycles. The predicted molar refractivity (Wildman–Crippen MR) is 132 cm³/mol. The first-order valence-electron chi connectivity index (χ1n) is 11.9. The van der Waals surface area contributed by atoms with Crippen LogP contribution in [-0.2, 0) is 15.6 Å². The zero-order valence-corrected chi connectivity index (χ0v) is 20.6. The molecule has 2 saturated heterocycles. The molecule has 1 amide bonds. The third-order valence-electron chi connectivity index (χ3n) is 7.15. The van der Waals surface area contributed by atoms with Gasteiger partial charge in [-0.15, -0.1) is 0 Å². The molecule has 0 spiro atoms. The van der Waals surface area contributed by atoms with Crippen LogP contribution in [0.25, 0.3) is 22.2 Å². The number of carbonyl (C=O) groups is 1. The summed E-state index contributed by atoms with van der Waals surface area (Å²) in [4.78, 5) is 19.5. The number of halogens is 2. The molecule has 0 N–H and O–H groups in total. The number of hydrogen-bond donors (Lipinski definition) is 0. The van der Waals surface area contributed by atoms with Gasteiger partial charge in [0.1, 0.15) is 11.6 Å². The predicted octanol–water partition coefficient (Wildman–Crippen LogP) is 5.15. The molecule has 4 heterocycles. The molecule has 36 heavy (non-hydrogen) atoms. The fourth-order valence-corrected chi connectivity index (χ4v) is 6.97. The average Bonchev–Trinajstić information content (AvgIpc) is 3.61. The van der Waals surface area contributed by atoms with E-state index in [9.17, 15) is 17.8 Å². The molecule has 0 aliphatic carbocycles. The number of hydrogen-bond acceptors (Lipinski definition) is 5. The van der Waals surface area contributed by atoms with Gasteiger partial charge in [-0.25, -0.2) is 13.8 Å². The number of nitrogens with zero attached hydrogens (tertiary/aromatic N) is 4. The van der Waals surface area contributed by atoms with E-state index in [0.717, 1.165) is 46.4 Å². The molecule has 2 aliphatic heterocycles. The zero-order valence-electron chi connectivity index (χ0n) is 19.8. The van der Waals surface area contributed by atoms with E-state index in [0.29, 0.717) is 35.2 Å². The van der Waals surface area contributed by atoms with E-state index in [4.69, 9.17) is 9.51 Å². The minimum atomic E-state index is -1.00. The van der Waals surface area contributed by atoms with Crippen molar-refractivity contribution in [2.24, 2.45) is 0 Å². The largest absolute Gasteiger partial charge is 0.361 e. The molecule has 2 unspecified atom stereocenters. The SMILES string of the molecule is Cc1noc(C)c1-c1ccc2c(c1)nc([C@@H]1CCC(=O)N1c1ccc(F)c(F)c1)n2C1CCS(=O)C1. The number of benzene rings is 2. The Kier molecular flexibility index (Phi) is 5.51. The Balaban J connectivity index is 1.52. The number of aryl methyl sites for hydroxylation is 2. The van der Waals surface area contributed by atoms with Gasteiger partial charge in [0.15, 0.2) is 11.6 Å². The van der Waals surface area contributed by atoms with E-state index >= 15 is 0 Å². The van der Waals surface area contributed by atoms with E-state index in [1.165, 1.54) is 11.0 Å². The second kappa shape index (κ2) is 8.62. The zero-order chi connectivity index (χ0) is 25.1. The van der Waals surface area contributed by atoms with Crippen LogP contribution in [-0.4, -0.2) is 36.3 Å². The summed E-state index contributed by atoms with van der Waals surface area (Å²) in [5, 5.41) is 4.06. The topological polar surface area (TPSA) is 81.2 Å². The lowest BCUT2D eigenvalue weighted by atomic mass is 10.0. The van der Waals surface area contributed by atoms with Crippen molar-refractivity contribution in [3.05, 3.63) is 65.3 Å². The van der Waals surface area contributed by atoms with Crippen molar-refractivity contribution in [2.45, 2.75) is 45.2 Å². The summed E-state index contributed by atoms with van der Waals surface area (Å²) < 4.78 is 47.5.